The zero-order valence-electron chi connectivity index (χ0n) is 8.15. The molecular formula is C8H20NO3P. The Bertz CT molecular complexity index is 114. The fourth-order valence-electron chi connectivity index (χ4n) is 1.12. The van der Waals surface area contributed by atoms with Crippen molar-refractivity contribution in [1.82, 2.24) is 0 Å². The first-order chi connectivity index (χ1) is 6.16. The molecule has 0 aliphatic rings. The first-order valence-electron chi connectivity index (χ1n) is 4.77. The van der Waals surface area contributed by atoms with Gasteiger partial charge in [0.25, 0.3) is 0 Å². The van der Waals surface area contributed by atoms with Crippen LogP contribution in [-0.2, 0) is 4.52 Å². The number of nitrogens with two attached hydrogens (primary N) is 1. The highest BCUT2D eigenvalue weighted by atomic mass is 31.2. The largest absolute Gasteiger partial charge is 0.328 e. The molecule has 13 heavy (non-hydrogen) atoms. The second-order valence-electron chi connectivity index (χ2n) is 3.10. The zero-order valence-corrected chi connectivity index (χ0v) is 9.04. The van der Waals surface area contributed by atoms with Crippen LogP contribution < -0.4 is 5.73 Å². The smallest absolute Gasteiger partial charge is 0.328 e. The Labute approximate surface area is 81.1 Å². The third-order valence-electron chi connectivity index (χ3n) is 1.82. The van der Waals surface area contributed by atoms with Crippen LogP contribution in [0, 0.1) is 0 Å². The lowest BCUT2D eigenvalue weighted by molar-refractivity contribution is 0.165. The van der Waals surface area contributed by atoms with Crippen LogP contribution >= 0.6 is 8.60 Å². The molecule has 1 atom stereocenters. The maximum absolute atomic E-state index is 8.48. The molecular weight excluding hydrogens is 189 g/mol. The molecule has 0 aliphatic carbocycles. The van der Waals surface area contributed by atoms with Crippen molar-refractivity contribution in [3.8, 4) is 0 Å². The Hall–Kier alpha value is 0.270. The van der Waals surface area contributed by atoms with Crippen molar-refractivity contribution in [1.29, 1.82) is 0 Å². The van der Waals surface area contributed by atoms with Crippen LogP contribution in [0.15, 0.2) is 0 Å². The van der Waals surface area contributed by atoms with Crippen molar-refractivity contribution in [3.05, 3.63) is 0 Å². The molecule has 0 rings (SSSR count). The summed E-state index contributed by atoms with van der Waals surface area (Å²) in [5.41, 5.74) is 5.46. The van der Waals surface area contributed by atoms with Gasteiger partial charge in [-0.15, -0.1) is 0 Å². The third-order valence-corrected chi connectivity index (χ3v) is 2.28. The first kappa shape index (κ1) is 13.3. The average molecular weight is 209 g/mol. The highest BCUT2D eigenvalue weighted by molar-refractivity contribution is 7.39. The highest BCUT2D eigenvalue weighted by Crippen LogP contribution is 2.26. The molecule has 0 aliphatic heterocycles. The lowest BCUT2D eigenvalue weighted by Gasteiger charge is -2.12. The SMILES string of the molecule is CCCCCCCC(N)OP(O)O. The van der Waals surface area contributed by atoms with Crippen LogP contribution in [0.2, 0.25) is 0 Å². The van der Waals surface area contributed by atoms with Crippen molar-refractivity contribution < 1.29 is 14.3 Å². The molecule has 0 spiro atoms. The molecule has 0 aromatic heterocycles. The van der Waals surface area contributed by atoms with E-state index >= 15 is 0 Å². The van der Waals surface area contributed by atoms with E-state index in [1.54, 1.807) is 0 Å². The predicted octanol–water partition coefficient (Wildman–Crippen LogP) is 1.86. The average Bonchev–Trinajstić information content (AvgIpc) is 2.02. The van der Waals surface area contributed by atoms with Crippen LogP contribution in [0.25, 0.3) is 0 Å². The maximum atomic E-state index is 8.48. The Morgan fingerprint density at radius 3 is 2.38 bits per heavy atom. The Balaban J connectivity index is 3.12. The van der Waals surface area contributed by atoms with E-state index in [1.807, 2.05) is 0 Å². The van der Waals surface area contributed by atoms with Crippen LogP contribution in [0.4, 0.5) is 0 Å². The van der Waals surface area contributed by atoms with Gasteiger partial charge in [-0.3, -0.25) is 4.52 Å². The van der Waals surface area contributed by atoms with Gasteiger partial charge in [0.2, 0.25) is 0 Å². The molecule has 0 saturated heterocycles. The van der Waals surface area contributed by atoms with Gasteiger partial charge >= 0.3 is 8.60 Å². The molecule has 5 heteroatoms. The molecule has 0 saturated carbocycles. The summed E-state index contributed by atoms with van der Waals surface area (Å²) in [4.78, 5) is 17.0. The number of unbranched alkanes of at least 4 members (excludes halogenated alkanes) is 4. The van der Waals surface area contributed by atoms with Crippen LogP contribution in [0.1, 0.15) is 45.4 Å². The van der Waals surface area contributed by atoms with Crippen LogP contribution in [0.5, 0.6) is 0 Å². The lowest BCUT2D eigenvalue weighted by atomic mass is 10.1. The van der Waals surface area contributed by atoms with Crippen molar-refractivity contribution in [2.24, 2.45) is 5.73 Å². The normalized spacial score (nSPS) is 13.6. The van der Waals surface area contributed by atoms with Gasteiger partial charge in [-0.2, -0.15) is 0 Å². The van der Waals surface area contributed by atoms with E-state index in [9.17, 15) is 0 Å². The topological polar surface area (TPSA) is 75.7 Å². The summed E-state index contributed by atoms with van der Waals surface area (Å²) >= 11 is 0. The molecule has 0 fully saturated rings. The van der Waals surface area contributed by atoms with E-state index in [4.69, 9.17) is 15.5 Å². The van der Waals surface area contributed by atoms with Gasteiger partial charge in [0.05, 0.1) is 0 Å². The third kappa shape index (κ3) is 10.2. The minimum absolute atomic E-state index is 0.525. The number of rotatable bonds is 8. The van der Waals surface area contributed by atoms with E-state index in [0.717, 1.165) is 12.8 Å². The molecule has 0 heterocycles. The summed E-state index contributed by atoms with van der Waals surface area (Å²) in [6, 6.07) is 0. The van der Waals surface area contributed by atoms with Gasteiger partial charge in [0.15, 0.2) is 0 Å². The molecule has 0 aromatic rings. The standard InChI is InChI=1S/C8H20NO3P/c1-2-3-4-5-6-7-8(9)12-13(10)11/h8,10-11H,2-7,9H2,1H3. The molecule has 0 radical (unpaired) electrons. The second kappa shape index (κ2) is 8.85. The predicted molar refractivity (Wildman–Crippen MR) is 53.8 cm³/mol. The van der Waals surface area contributed by atoms with Gasteiger partial charge in [-0.05, 0) is 12.8 Å². The van der Waals surface area contributed by atoms with E-state index in [-0.39, 0.29) is 0 Å². The summed E-state index contributed by atoms with van der Waals surface area (Å²) in [7, 11) is -2.29. The number of hydrogen-bond acceptors (Lipinski definition) is 4. The van der Waals surface area contributed by atoms with Crippen molar-refractivity contribution in [2.75, 3.05) is 0 Å². The van der Waals surface area contributed by atoms with Gasteiger partial charge in [-0.1, -0.05) is 32.6 Å². The number of hydrogen-bond donors (Lipinski definition) is 3. The quantitative estimate of drug-likeness (QED) is 0.324. The van der Waals surface area contributed by atoms with E-state index in [1.165, 1.54) is 19.3 Å². The molecule has 4 nitrogen and oxygen atoms in total. The first-order valence-corrected chi connectivity index (χ1v) is 5.93. The second-order valence-corrected chi connectivity index (χ2v) is 3.82. The monoisotopic (exact) mass is 209 g/mol. The minimum Gasteiger partial charge on any atom is -0.328 e. The lowest BCUT2D eigenvalue weighted by Crippen LogP contribution is -2.21. The summed E-state index contributed by atoms with van der Waals surface area (Å²) in [6.07, 6.45) is 6.00. The van der Waals surface area contributed by atoms with E-state index in [2.05, 4.69) is 11.4 Å². The molecule has 80 valence electrons. The van der Waals surface area contributed by atoms with E-state index in [0.29, 0.717) is 6.42 Å². The van der Waals surface area contributed by atoms with Crippen molar-refractivity contribution in [2.45, 2.75) is 51.7 Å². The van der Waals surface area contributed by atoms with Gasteiger partial charge < -0.3 is 15.5 Å². The molecule has 0 bridgehead atoms. The summed E-state index contributed by atoms with van der Waals surface area (Å²) < 4.78 is 4.61. The van der Waals surface area contributed by atoms with E-state index < -0.39 is 14.8 Å². The fraction of sp³-hybridized carbons (Fsp3) is 1.00. The molecule has 4 N–H and O–H groups in total. The van der Waals surface area contributed by atoms with Gasteiger partial charge in [0, 0.05) is 0 Å². The molecule has 0 aromatic carbocycles. The van der Waals surface area contributed by atoms with Crippen LogP contribution in [0.3, 0.4) is 0 Å². The Morgan fingerprint density at radius 2 is 1.85 bits per heavy atom. The van der Waals surface area contributed by atoms with Gasteiger partial charge in [-0.25, -0.2) is 0 Å². The highest BCUT2D eigenvalue weighted by Gasteiger charge is 2.07. The molecule has 0 amide bonds. The zero-order chi connectivity index (χ0) is 10.1. The van der Waals surface area contributed by atoms with Crippen LogP contribution in [-0.4, -0.2) is 16.0 Å². The summed E-state index contributed by atoms with van der Waals surface area (Å²) in [5.74, 6) is 0. The summed E-state index contributed by atoms with van der Waals surface area (Å²) in [6.45, 7) is 2.17. The maximum Gasteiger partial charge on any atom is 0.328 e. The summed E-state index contributed by atoms with van der Waals surface area (Å²) in [5, 5.41) is 0. The minimum atomic E-state index is -2.29. The van der Waals surface area contributed by atoms with Gasteiger partial charge in [0.1, 0.15) is 6.23 Å². The van der Waals surface area contributed by atoms with Crippen molar-refractivity contribution >= 4 is 8.60 Å². The Kier molecular flexibility index (Phi) is 9.03. The molecule has 1 unspecified atom stereocenters. The fourth-order valence-corrected chi connectivity index (χ4v) is 1.47. The Morgan fingerprint density at radius 1 is 1.23 bits per heavy atom. The van der Waals surface area contributed by atoms with Crippen molar-refractivity contribution in [3.63, 3.8) is 0 Å².